The molecule has 0 aromatic carbocycles. The van der Waals surface area contributed by atoms with E-state index in [1.807, 2.05) is 31.7 Å². The lowest BCUT2D eigenvalue weighted by Crippen LogP contribution is -2.36. The van der Waals surface area contributed by atoms with E-state index in [1.165, 1.54) is 0 Å². The number of unbranched alkanes of at least 4 members (excludes halogenated alkanes) is 1. The van der Waals surface area contributed by atoms with Crippen LogP contribution in [0.1, 0.15) is 33.6 Å². The summed E-state index contributed by atoms with van der Waals surface area (Å²) in [7, 11) is 5.54. The van der Waals surface area contributed by atoms with Gasteiger partial charge in [-0.3, -0.25) is 0 Å². The molecular weight excluding hydrogens is 330 g/mol. The summed E-state index contributed by atoms with van der Waals surface area (Å²) in [5.41, 5.74) is 0.202. The molecule has 7 heteroatoms. The van der Waals surface area contributed by atoms with Crippen LogP contribution in [0.4, 0.5) is 4.79 Å². The summed E-state index contributed by atoms with van der Waals surface area (Å²) in [6.45, 7) is 8.91. The zero-order valence-electron chi connectivity index (χ0n) is 14.7. The second-order valence-electron chi connectivity index (χ2n) is 5.25. The van der Waals surface area contributed by atoms with Crippen molar-refractivity contribution in [3.05, 3.63) is 0 Å². The Balaban J connectivity index is 3.38. The average molecular weight is 362 g/mol. The highest BCUT2D eigenvalue weighted by Crippen LogP contribution is 2.26. The van der Waals surface area contributed by atoms with Crippen LogP contribution in [0.15, 0.2) is 0 Å². The largest absolute Gasteiger partial charge is 0.367 e. The number of hydrogen-bond acceptors (Lipinski definition) is 5. The number of carbonyl (C=O) groups is 1. The van der Waals surface area contributed by atoms with Gasteiger partial charge >= 0.3 is 6.03 Å². The maximum absolute atomic E-state index is 11.5. The standard InChI is InChI=1S/C16H31N3O2S2/c1-14(2)8-7-10-19-16(20)18-9-5-6-12-21-15(3)23-22-13-11-17-4/h14-15,17H,5-6,9-13H2,1-4H3,(H2,18,19,20). The molecule has 3 N–H and O–H groups in total. The molecule has 0 heterocycles. The van der Waals surface area contributed by atoms with E-state index in [9.17, 15) is 4.79 Å². The van der Waals surface area contributed by atoms with Crippen LogP contribution in [0, 0.1) is 17.8 Å². The zero-order chi connectivity index (χ0) is 17.3. The molecule has 0 fully saturated rings. The SMILES string of the molecule is CNCCSSC(C)OCCCCNC(=O)NCC#CC(C)C. The third-order valence-corrected chi connectivity index (χ3v) is 5.21. The molecule has 0 radical (unpaired) electrons. The first-order chi connectivity index (χ1) is 11.1. The van der Waals surface area contributed by atoms with Crippen LogP contribution < -0.4 is 16.0 Å². The molecule has 0 aromatic heterocycles. The van der Waals surface area contributed by atoms with Gasteiger partial charge in [-0.1, -0.05) is 47.3 Å². The minimum absolute atomic E-state index is 0.158. The second-order valence-corrected chi connectivity index (χ2v) is 8.04. The fraction of sp³-hybridized carbons (Fsp3) is 0.812. The van der Waals surface area contributed by atoms with Crippen LogP contribution in [0.2, 0.25) is 0 Å². The molecule has 23 heavy (non-hydrogen) atoms. The van der Waals surface area contributed by atoms with Gasteiger partial charge in [-0.05, 0) is 26.8 Å². The topological polar surface area (TPSA) is 62.4 Å². The molecule has 0 aromatic rings. The Bertz CT molecular complexity index is 357. The normalized spacial score (nSPS) is 11.7. The van der Waals surface area contributed by atoms with Crippen LogP contribution >= 0.6 is 21.6 Å². The van der Waals surface area contributed by atoms with Gasteiger partial charge in [0.05, 0.1) is 6.54 Å². The summed E-state index contributed by atoms with van der Waals surface area (Å²) in [4.78, 5) is 11.5. The number of urea groups is 1. The minimum Gasteiger partial charge on any atom is -0.367 e. The third-order valence-electron chi connectivity index (χ3n) is 2.58. The van der Waals surface area contributed by atoms with E-state index in [1.54, 1.807) is 10.8 Å². The first-order valence-corrected chi connectivity index (χ1v) is 10.5. The van der Waals surface area contributed by atoms with E-state index < -0.39 is 0 Å². The molecule has 0 saturated heterocycles. The number of hydrogen-bond donors (Lipinski definition) is 3. The Morgan fingerprint density at radius 1 is 1.17 bits per heavy atom. The van der Waals surface area contributed by atoms with Gasteiger partial charge in [-0.25, -0.2) is 4.79 Å². The Hall–Kier alpha value is -0.550. The lowest BCUT2D eigenvalue weighted by molar-refractivity contribution is 0.121. The van der Waals surface area contributed by atoms with Crippen molar-refractivity contribution in [2.24, 2.45) is 5.92 Å². The van der Waals surface area contributed by atoms with Crippen molar-refractivity contribution in [1.29, 1.82) is 0 Å². The van der Waals surface area contributed by atoms with Crippen molar-refractivity contribution in [1.82, 2.24) is 16.0 Å². The molecule has 0 aliphatic rings. The van der Waals surface area contributed by atoms with E-state index in [-0.39, 0.29) is 11.5 Å². The summed E-state index contributed by atoms with van der Waals surface area (Å²) in [5, 5.41) is 8.65. The summed E-state index contributed by atoms with van der Waals surface area (Å²) in [6, 6.07) is -0.158. The van der Waals surface area contributed by atoms with Crippen LogP contribution in [-0.4, -0.2) is 50.5 Å². The lowest BCUT2D eigenvalue weighted by atomic mass is 10.2. The van der Waals surface area contributed by atoms with Gasteiger partial charge in [0.2, 0.25) is 0 Å². The molecule has 0 spiro atoms. The molecular formula is C16H31N3O2S2. The van der Waals surface area contributed by atoms with E-state index in [4.69, 9.17) is 4.74 Å². The van der Waals surface area contributed by atoms with E-state index in [0.717, 1.165) is 31.7 Å². The molecule has 2 amide bonds. The van der Waals surface area contributed by atoms with Crippen molar-refractivity contribution >= 4 is 27.6 Å². The van der Waals surface area contributed by atoms with Crippen molar-refractivity contribution in [2.75, 3.05) is 39.0 Å². The first kappa shape index (κ1) is 22.4. The van der Waals surface area contributed by atoms with Crippen molar-refractivity contribution < 1.29 is 9.53 Å². The average Bonchev–Trinajstić information content (AvgIpc) is 2.51. The van der Waals surface area contributed by atoms with Gasteiger partial charge < -0.3 is 20.7 Å². The minimum atomic E-state index is -0.158. The highest BCUT2D eigenvalue weighted by atomic mass is 33.1. The Morgan fingerprint density at radius 3 is 2.65 bits per heavy atom. The predicted molar refractivity (Wildman–Crippen MR) is 103 cm³/mol. The maximum Gasteiger partial charge on any atom is 0.315 e. The molecule has 0 saturated carbocycles. The lowest BCUT2D eigenvalue weighted by Gasteiger charge is -2.12. The van der Waals surface area contributed by atoms with Gasteiger partial charge in [0, 0.05) is 31.4 Å². The predicted octanol–water partition coefficient (Wildman–Crippen LogP) is 2.69. The number of ether oxygens (including phenoxy) is 1. The fourth-order valence-electron chi connectivity index (χ4n) is 1.44. The van der Waals surface area contributed by atoms with Crippen molar-refractivity contribution in [3.63, 3.8) is 0 Å². The molecule has 0 aliphatic carbocycles. The second kappa shape index (κ2) is 16.3. The number of carbonyl (C=O) groups excluding carboxylic acids is 1. The molecule has 0 rings (SSSR count). The zero-order valence-corrected chi connectivity index (χ0v) is 16.4. The molecule has 1 atom stereocenters. The summed E-state index contributed by atoms with van der Waals surface area (Å²) < 4.78 is 5.71. The van der Waals surface area contributed by atoms with Gasteiger partial charge in [0.1, 0.15) is 5.44 Å². The Kier molecular flexibility index (Phi) is 15.9. The van der Waals surface area contributed by atoms with Gasteiger partial charge in [0.25, 0.3) is 0 Å². The van der Waals surface area contributed by atoms with Gasteiger partial charge in [-0.15, -0.1) is 0 Å². The highest BCUT2D eigenvalue weighted by molar-refractivity contribution is 8.76. The summed E-state index contributed by atoms with van der Waals surface area (Å²) in [6.07, 6.45) is 1.86. The van der Waals surface area contributed by atoms with E-state index in [2.05, 4.69) is 34.7 Å². The quantitative estimate of drug-likeness (QED) is 0.216. The monoisotopic (exact) mass is 361 g/mol. The number of nitrogens with one attached hydrogen (secondary N) is 3. The fourth-order valence-corrected chi connectivity index (χ4v) is 3.44. The van der Waals surface area contributed by atoms with Crippen molar-refractivity contribution in [2.45, 2.75) is 39.0 Å². The Morgan fingerprint density at radius 2 is 1.96 bits per heavy atom. The van der Waals surface area contributed by atoms with Crippen LogP contribution in [-0.2, 0) is 4.74 Å². The molecule has 134 valence electrons. The Labute approximate surface area is 149 Å². The highest BCUT2D eigenvalue weighted by Gasteiger charge is 2.03. The molecule has 0 bridgehead atoms. The maximum atomic E-state index is 11.5. The molecule has 5 nitrogen and oxygen atoms in total. The van der Waals surface area contributed by atoms with Gasteiger partial charge in [-0.2, -0.15) is 0 Å². The molecule has 1 unspecified atom stereocenters. The summed E-state index contributed by atoms with van der Waals surface area (Å²) >= 11 is 0. The smallest absolute Gasteiger partial charge is 0.315 e. The number of rotatable bonds is 12. The van der Waals surface area contributed by atoms with Crippen LogP contribution in [0.5, 0.6) is 0 Å². The summed E-state index contributed by atoms with van der Waals surface area (Å²) in [5.74, 6) is 7.33. The van der Waals surface area contributed by atoms with E-state index >= 15 is 0 Å². The number of amides is 2. The van der Waals surface area contributed by atoms with Crippen LogP contribution in [0.3, 0.4) is 0 Å². The van der Waals surface area contributed by atoms with Gasteiger partial charge in [0.15, 0.2) is 0 Å². The van der Waals surface area contributed by atoms with Crippen LogP contribution in [0.25, 0.3) is 0 Å². The van der Waals surface area contributed by atoms with E-state index in [0.29, 0.717) is 19.0 Å². The third kappa shape index (κ3) is 17.6. The van der Waals surface area contributed by atoms with Crippen molar-refractivity contribution in [3.8, 4) is 11.8 Å². The molecule has 0 aliphatic heterocycles. The first-order valence-electron chi connectivity index (χ1n) is 8.10.